The lowest BCUT2D eigenvalue weighted by Crippen LogP contribution is -2.17. The fraction of sp³-hybridized carbons (Fsp3) is 0.400. The number of hydrogen-bond acceptors (Lipinski definition) is 3. The normalized spacial score (nSPS) is 12.6. The summed E-state index contributed by atoms with van der Waals surface area (Å²) in [6.07, 6.45) is -0.140. The third-order valence-electron chi connectivity index (χ3n) is 1.98. The molecule has 0 radical (unpaired) electrons. The maximum atomic E-state index is 5.98. The van der Waals surface area contributed by atoms with Crippen molar-refractivity contribution in [3.8, 4) is 5.75 Å². The first-order valence-corrected chi connectivity index (χ1v) is 4.64. The summed E-state index contributed by atoms with van der Waals surface area (Å²) in [5.41, 5.74) is 0.973. The molecule has 1 rings (SSSR count). The van der Waals surface area contributed by atoms with Gasteiger partial charge < -0.3 is 9.47 Å². The Balaban J connectivity index is 2.95. The van der Waals surface area contributed by atoms with E-state index in [1.807, 2.05) is 25.2 Å². The minimum atomic E-state index is -0.140. The summed E-state index contributed by atoms with van der Waals surface area (Å²) in [6.45, 7) is 0. The monoisotopic (exact) mass is 215 g/mol. The number of ether oxygens (including phenoxy) is 2. The van der Waals surface area contributed by atoms with Crippen LogP contribution >= 0.6 is 11.6 Å². The first-order chi connectivity index (χ1) is 6.72. The summed E-state index contributed by atoms with van der Waals surface area (Å²) in [5, 5.41) is 3.60. The first-order valence-electron chi connectivity index (χ1n) is 4.26. The number of rotatable bonds is 4. The topological polar surface area (TPSA) is 30.5 Å². The molecule has 0 aromatic heterocycles. The van der Waals surface area contributed by atoms with Gasteiger partial charge in [-0.3, -0.25) is 5.32 Å². The van der Waals surface area contributed by atoms with E-state index in [4.69, 9.17) is 21.1 Å². The quantitative estimate of drug-likeness (QED) is 0.782. The van der Waals surface area contributed by atoms with Gasteiger partial charge in [0.15, 0.2) is 0 Å². The molecule has 3 nitrogen and oxygen atoms in total. The molecule has 14 heavy (non-hydrogen) atoms. The molecule has 0 aliphatic heterocycles. The summed E-state index contributed by atoms with van der Waals surface area (Å²) in [5.74, 6) is 0.668. The lowest BCUT2D eigenvalue weighted by atomic mass is 10.2. The molecule has 0 amide bonds. The highest BCUT2D eigenvalue weighted by Crippen LogP contribution is 2.27. The maximum absolute atomic E-state index is 5.98. The molecule has 0 heterocycles. The summed E-state index contributed by atoms with van der Waals surface area (Å²) >= 11 is 5.98. The second kappa shape index (κ2) is 5.20. The zero-order valence-electron chi connectivity index (χ0n) is 8.50. The third kappa shape index (κ3) is 2.38. The lowest BCUT2D eigenvalue weighted by Gasteiger charge is -2.15. The highest BCUT2D eigenvalue weighted by Gasteiger charge is 2.09. The molecular formula is C10H14ClNO2. The van der Waals surface area contributed by atoms with Crippen LogP contribution in [0.4, 0.5) is 0 Å². The number of hydrogen-bond donors (Lipinski definition) is 1. The number of halogens is 1. The standard InChI is InChI=1S/C10H14ClNO2/c1-12-10(14-3)7-4-5-9(13-2)8(11)6-7/h4-6,10,12H,1-3H3. The van der Waals surface area contributed by atoms with Crippen LogP contribution in [0.5, 0.6) is 5.75 Å². The molecule has 0 aliphatic rings. The molecule has 1 unspecified atom stereocenters. The van der Waals surface area contributed by atoms with Crippen molar-refractivity contribution >= 4 is 11.6 Å². The summed E-state index contributed by atoms with van der Waals surface area (Å²) in [4.78, 5) is 0. The highest BCUT2D eigenvalue weighted by atomic mass is 35.5. The van der Waals surface area contributed by atoms with Gasteiger partial charge in [0.1, 0.15) is 12.0 Å². The van der Waals surface area contributed by atoms with Crippen LogP contribution in [0.25, 0.3) is 0 Å². The second-order valence-corrected chi connectivity index (χ2v) is 3.21. The Labute approximate surface area is 89.0 Å². The van der Waals surface area contributed by atoms with Crippen molar-refractivity contribution in [3.05, 3.63) is 28.8 Å². The predicted molar refractivity (Wildman–Crippen MR) is 56.8 cm³/mol. The molecule has 0 saturated heterocycles. The Morgan fingerprint density at radius 3 is 2.50 bits per heavy atom. The molecule has 0 aliphatic carbocycles. The Hall–Kier alpha value is -0.770. The van der Waals surface area contributed by atoms with Crippen molar-refractivity contribution in [1.29, 1.82) is 0 Å². The van der Waals surface area contributed by atoms with Gasteiger partial charge in [0, 0.05) is 7.11 Å². The minimum Gasteiger partial charge on any atom is -0.495 e. The Bertz CT molecular complexity index is 300. The van der Waals surface area contributed by atoms with Crippen LogP contribution in [0.3, 0.4) is 0 Å². The van der Waals surface area contributed by atoms with Crippen LogP contribution in [0.15, 0.2) is 18.2 Å². The van der Waals surface area contributed by atoms with Crippen LogP contribution in [0.1, 0.15) is 11.8 Å². The molecule has 1 aromatic carbocycles. The van der Waals surface area contributed by atoms with Gasteiger partial charge in [-0.1, -0.05) is 17.7 Å². The lowest BCUT2D eigenvalue weighted by molar-refractivity contribution is 0.0809. The van der Waals surface area contributed by atoms with Gasteiger partial charge in [0.2, 0.25) is 0 Å². The Morgan fingerprint density at radius 2 is 2.07 bits per heavy atom. The van der Waals surface area contributed by atoms with Gasteiger partial charge >= 0.3 is 0 Å². The van der Waals surface area contributed by atoms with Gasteiger partial charge in [0.25, 0.3) is 0 Å². The van der Waals surface area contributed by atoms with E-state index in [2.05, 4.69) is 5.32 Å². The van der Waals surface area contributed by atoms with E-state index in [-0.39, 0.29) is 6.23 Å². The molecule has 78 valence electrons. The van der Waals surface area contributed by atoms with Gasteiger partial charge in [0.05, 0.1) is 12.1 Å². The third-order valence-corrected chi connectivity index (χ3v) is 2.27. The zero-order valence-corrected chi connectivity index (χ0v) is 9.26. The second-order valence-electron chi connectivity index (χ2n) is 2.80. The molecule has 1 aromatic rings. The van der Waals surface area contributed by atoms with E-state index in [1.54, 1.807) is 14.2 Å². The maximum Gasteiger partial charge on any atom is 0.137 e. The largest absolute Gasteiger partial charge is 0.495 e. The van der Waals surface area contributed by atoms with Crippen LogP contribution < -0.4 is 10.1 Å². The van der Waals surface area contributed by atoms with E-state index < -0.39 is 0 Å². The van der Waals surface area contributed by atoms with E-state index in [9.17, 15) is 0 Å². The first kappa shape index (κ1) is 11.3. The average molecular weight is 216 g/mol. The van der Waals surface area contributed by atoms with E-state index in [0.717, 1.165) is 5.56 Å². The molecule has 0 spiro atoms. The zero-order chi connectivity index (χ0) is 10.6. The SMILES string of the molecule is CNC(OC)c1ccc(OC)c(Cl)c1. The van der Waals surface area contributed by atoms with Crippen LogP contribution in [-0.2, 0) is 4.74 Å². The van der Waals surface area contributed by atoms with Crippen molar-refractivity contribution in [1.82, 2.24) is 5.32 Å². The van der Waals surface area contributed by atoms with Crippen LogP contribution in [-0.4, -0.2) is 21.3 Å². The van der Waals surface area contributed by atoms with Crippen molar-refractivity contribution in [3.63, 3.8) is 0 Å². The summed E-state index contributed by atoms with van der Waals surface area (Å²) < 4.78 is 10.3. The van der Waals surface area contributed by atoms with Gasteiger partial charge in [-0.05, 0) is 24.7 Å². The van der Waals surface area contributed by atoms with E-state index in [1.165, 1.54) is 0 Å². The minimum absolute atomic E-state index is 0.140. The molecule has 4 heteroatoms. The van der Waals surface area contributed by atoms with E-state index in [0.29, 0.717) is 10.8 Å². The molecule has 1 N–H and O–H groups in total. The van der Waals surface area contributed by atoms with Crippen molar-refractivity contribution in [2.45, 2.75) is 6.23 Å². The van der Waals surface area contributed by atoms with Gasteiger partial charge in [-0.2, -0.15) is 0 Å². The molecule has 0 saturated carbocycles. The van der Waals surface area contributed by atoms with E-state index >= 15 is 0 Å². The number of methoxy groups -OCH3 is 2. The fourth-order valence-electron chi connectivity index (χ4n) is 1.27. The van der Waals surface area contributed by atoms with Crippen molar-refractivity contribution in [2.24, 2.45) is 0 Å². The van der Waals surface area contributed by atoms with Crippen molar-refractivity contribution in [2.75, 3.05) is 21.3 Å². The Kier molecular flexibility index (Phi) is 4.20. The van der Waals surface area contributed by atoms with Gasteiger partial charge in [-0.25, -0.2) is 0 Å². The molecular weight excluding hydrogens is 202 g/mol. The molecule has 0 fully saturated rings. The summed E-state index contributed by atoms with van der Waals surface area (Å²) in [7, 11) is 5.05. The number of benzene rings is 1. The predicted octanol–water partition coefficient (Wildman–Crippen LogP) is 2.21. The number of nitrogens with one attached hydrogen (secondary N) is 1. The van der Waals surface area contributed by atoms with Crippen molar-refractivity contribution < 1.29 is 9.47 Å². The molecule has 1 atom stereocenters. The fourth-order valence-corrected chi connectivity index (χ4v) is 1.53. The van der Waals surface area contributed by atoms with Crippen LogP contribution in [0, 0.1) is 0 Å². The average Bonchev–Trinajstić information content (AvgIpc) is 2.20. The smallest absolute Gasteiger partial charge is 0.137 e. The van der Waals surface area contributed by atoms with Gasteiger partial charge in [-0.15, -0.1) is 0 Å². The molecule has 0 bridgehead atoms. The Morgan fingerprint density at radius 1 is 1.36 bits per heavy atom. The highest BCUT2D eigenvalue weighted by molar-refractivity contribution is 6.32. The van der Waals surface area contributed by atoms with Crippen LogP contribution in [0.2, 0.25) is 5.02 Å². The summed E-state index contributed by atoms with van der Waals surface area (Å²) in [6, 6.07) is 5.56.